The van der Waals surface area contributed by atoms with Gasteiger partial charge in [0.15, 0.2) is 0 Å². The van der Waals surface area contributed by atoms with Crippen LogP contribution in [0.15, 0.2) is 24.5 Å². The van der Waals surface area contributed by atoms with Crippen molar-refractivity contribution >= 4 is 0 Å². The third-order valence-electron chi connectivity index (χ3n) is 2.82. The minimum Gasteiger partial charge on any atom is -0.480 e. The Morgan fingerprint density at radius 1 is 1.21 bits per heavy atom. The average Bonchev–Trinajstić information content (AvgIpc) is 2.46. The summed E-state index contributed by atoms with van der Waals surface area (Å²) in [5, 5.41) is 0. The summed E-state index contributed by atoms with van der Waals surface area (Å²) >= 11 is 0. The molecule has 2 aromatic rings. The number of nitrogens with zero attached hydrogens (tertiary/aromatic N) is 3. The Balaban J connectivity index is 2.44. The van der Waals surface area contributed by atoms with Crippen molar-refractivity contribution in [1.29, 1.82) is 0 Å². The molecule has 0 aliphatic rings. The molecule has 6 nitrogen and oxygen atoms in total. The van der Waals surface area contributed by atoms with Crippen LogP contribution in [-0.4, -0.2) is 29.2 Å². The smallest absolute Gasteiger partial charge is 0.240 e. The Hall–Kier alpha value is -2.21. The first kappa shape index (κ1) is 13.2. The third-order valence-corrected chi connectivity index (χ3v) is 2.82. The van der Waals surface area contributed by atoms with Crippen LogP contribution in [-0.2, 0) is 0 Å². The predicted molar refractivity (Wildman–Crippen MR) is 70.1 cm³/mol. The van der Waals surface area contributed by atoms with Gasteiger partial charge in [-0.25, -0.2) is 4.98 Å². The van der Waals surface area contributed by atoms with Crippen LogP contribution in [0.4, 0.5) is 0 Å². The number of aryl methyl sites for hydroxylation is 1. The second kappa shape index (κ2) is 5.62. The largest absolute Gasteiger partial charge is 0.480 e. The van der Waals surface area contributed by atoms with Crippen LogP contribution in [0.5, 0.6) is 11.8 Å². The van der Waals surface area contributed by atoms with Crippen molar-refractivity contribution in [2.45, 2.75) is 13.0 Å². The van der Waals surface area contributed by atoms with Crippen LogP contribution in [0, 0.1) is 6.92 Å². The van der Waals surface area contributed by atoms with Gasteiger partial charge in [-0.1, -0.05) is 6.07 Å². The maximum absolute atomic E-state index is 6.22. The van der Waals surface area contributed by atoms with Gasteiger partial charge < -0.3 is 15.2 Å². The van der Waals surface area contributed by atoms with E-state index in [0.29, 0.717) is 17.5 Å². The van der Waals surface area contributed by atoms with Gasteiger partial charge in [-0.15, -0.1) is 0 Å². The summed E-state index contributed by atoms with van der Waals surface area (Å²) in [5.74, 6) is 0.741. The number of methoxy groups -OCH3 is 2. The molecular weight excluding hydrogens is 244 g/mol. The van der Waals surface area contributed by atoms with Gasteiger partial charge in [0.05, 0.1) is 26.5 Å². The molecule has 0 radical (unpaired) electrons. The normalized spacial score (nSPS) is 12.0. The maximum atomic E-state index is 6.22. The van der Waals surface area contributed by atoms with Crippen LogP contribution in [0.3, 0.4) is 0 Å². The van der Waals surface area contributed by atoms with E-state index in [2.05, 4.69) is 15.0 Å². The summed E-state index contributed by atoms with van der Waals surface area (Å²) in [6, 6.07) is 3.31. The predicted octanol–water partition coefficient (Wildman–Crippen LogP) is 1.25. The van der Waals surface area contributed by atoms with E-state index < -0.39 is 6.04 Å². The van der Waals surface area contributed by atoms with E-state index in [1.165, 1.54) is 20.4 Å². The van der Waals surface area contributed by atoms with Crippen molar-refractivity contribution in [1.82, 2.24) is 15.0 Å². The molecule has 1 unspecified atom stereocenters. The lowest BCUT2D eigenvalue weighted by molar-refractivity contribution is 0.355. The molecule has 0 amide bonds. The Bertz CT molecular complexity index is 574. The van der Waals surface area contributed by atoms with Crippen molar-refractivity contribution in [2.75, 3.05) is 14.2 Å². The number of ether oxygens (including phenoxy) is 2. The summed E-state index contributed by atoms with van der Waals surface area (Å²) < 4.78 is 10.2. The Morgan fingerprint density at radius 2 is 2.00 bits per heavy atom. The first-order valence-corrected chi connectivity index (χ1v) is 5.79. The highest BCUT2D eigenvalue weighted by Crippen LogP contribution is 2.27. The lowest BCUT2D eigenvalue weighted by Gasteiger charge is -2.15. The molecule has 0 aliphatic carbocycles. The maximum Gasteiger partial charge on any atom is 0.240 e. The zero-order valence-electron chi connectivity index (χ0n) is 11.1. The second-order valence-corrected chi connectivity index (χ2v) is 3.96. The van der Waals surface area contributed by atoms with E-state index in [-0.39, 0.29) is 0 Å². The molecule has 19 heavy (non-hydrogen) atoms. The minimum atomic E-state index is -0.443. The fourth-order valence-electron chi connectivity index (χ4n) is 1.80. The Kier molecular flexibility index (Phi) is 3.91. The third kappa shape index (κ3) is 2.63. The van der Waals surface area contributed by atoms with Gasteiger partial charge in [0.2, 0.25) is 11.8 Å². The van der Waals surface area contributed by atoms with Gasteiger partial charge >= 0.3 is 0 Å². The quantitative estimate of drug-likeness (QED) is 0.890. The summed E-state index contributed by atoms with van der Waals surface area (Å²) in [7, 11) is 3.05. The number of rotatable bonds is 4. The Labute approximate surface area is 111 Å². The van der Waals surface area contributed by atoms with Gasteiger partial charge in [-0.2, -0.15) is 4.98 Å². The number of pyridine rings is 1. The van der Waals surface area contributed by atoms with E-state index in [0.717, 1.165) is 11.3 Å². The molecule has 0 bridgehead atoms. The first-order valence-electron chi connectivity index (χ1n) is 5.79. The molecule has 6 heteroatoms. The summed E-state index contributed by atoms with van der Waals surface area (Å²) in [5.41, 5.74) is 8.52. The molecule has 0 aromatic carbocycles. The summed E-state index contributed by atoms with van der Waals surface area (Å²) in [6.45, 7) is 1.90. The highest BCUT2D eigenvalue weighted by Gasteiger charge is 2.19. The molecule has 0 spiro atoms. The fourth-order valence-corrected chi connectivity index (χ4v) is 1.80. The highest BCUT2D eigenvalue weighted by molar-refractivity contribution is 5.35. The fraction of sp³-hybridized carbons (Fsp3) is 0.308. The lowest BCUT2D eigenvalue weighted by Crippen LogP contribution is -2.17. The standard InChI is InChI=1S/C13H16N4O2/c1-8-9(5-4-6-15-8)11(14)12-13(19-3)17-10(18-2)7-16-12/h4-7,11H,14H2,1-3H3. The Morgan fingerprint density at radius 3 is 2.63 bits per heavy atom. The van der Waals surface area contributed by atoms with E-state index in [4.69, 9.17) is 15.2 Å². The van der Waals surface area contributed by atoms with E-state index in [1.807, 2.05) is 19.1 Å². The first-order chi connectivity index (χ1) is 9.17. The van der Waals surface area contributed by atoms with Gasteiger partial charge in [-0.3, -0.25) is 4.98 Å². The monoisotopic (exact) mass is 260 g/mol. The van der Waals surface area contributed by atoms with Crippen LogP contribution >= 0.6 is 0 Å². The zero-order chi connectivity index (χ0) is 13.8. The molecule has 2 aromatic heterocycles. The average molecular weight is 260 g/mol. The SMILES string of the molecule is COc1cnc(C(N)c2cccnc2C)c(OC)n1. The van der Waals surface area contributed by atoms with Crippen LogP contribution < -0.4 is 15.2 Å². The van der Waals surface area contributed by atoms with Gasteiger partial charge in [0.25, 0.3) is 0 Å². The van der Waals surface area contributed by atoms with Crippen LogP contribution in [0.1, 0.15) is 23.0 Å². The molecule has 2 heterocycles. The van der Waals surface area contributed by atoms with Crippen LogP contribution in [0.2, 0.25) is 0 Å². The number of nitrogens with two attached hydrogens (primary N) is 1. The van der Waals surface area contributed by atoms with Crippen molar-refractivity contribution < 1.29 is 9.47 Å². The lowest BCUT2D eigenvalue weighted by atomic mass is 10.0. The van der Waals surface area contributed by atoms with E-state index >= 15 is 0 Å². The molecule has 0 saturated carbocycles. The van der Waals surface area contributed by atoms with Crippen molar-refractivity contribution in [3.05, 3.63) is 41.5 Å². The molecule has 0 aliphatic heterocycles. The van der Waals surface area contributed by atoms with E-state index in [1.54, 1.807) is 6.20 Å². The van der Waals surface area contributed by atoms with Gasteiger partial charge in [0.1, 0.15) is 5.69 Å². The van der Waals surface area contributed by atoms with Crippen LogP contribution in [0.25, 0.3) is 0 Å². The van der Waals surface area contributed by atoms with Crippen molar-refractivity contribution in [2.24, 2.45) is 5.73 Å². The molecule has 100 valence electrons. The molecule has 0 saturated heterocycles. The number of hydrogen-bond donors (Lipinski definition) is 1. The molecular formula is C13H16N4O2. The molecule has 0 fully saturated rings. The minimum absolute atomic E-state index is 0.357. The molecule has 2 rings (SSSR count). The summed E-state index contributed by atoms with van der Waals surface area (Å²) in [6.07, 6.45) is 3.24. The van der Waals surface area contributed by atoms with Gasteiger partial charge in [-0.05, 0) is 18.6 Å². The van der Waals surface area contributed by atoms with Crippen molar-refractivity contribution in [3.63, 3.8) is 0 Å². The van der Waals surface area contributed by atoms with Crippen molar-refractivity contribution in [3.8, 4) is 11.8 Å². The number of hydrogen-bond acceptors (Lipinski definition) is 6. The molecule has 1 atom stereocenters. The highest BCUT2D eigenvalue weighted by atomic mass is 16.5. The number of aromatic nitrogens is 3. The van der Waals surface area contributed by atoms with Gasteiger partial charge in [0, 0.05) is 11.9 Å². The van der Waals surface area contributed by atoms with E-state index in [9.17, 15) is 0 Å². The molecule has 2 N–H and O–H groups in total. The summed E-state index contributed by atoms with van der Waals surface area (Å²) in [4.78, 5) is 12.7. The topological polar surface area (TPSA) is 83.2 Å². The second-order valence-electron chi connectivity index (χ2n) is 3.96. The zero-order valence-corrected chi connectivity index (χ0v) is 11.1.